The second-order valence-electron chi connectivity index (χ2n) is 2.88. The molecule has 2 aromatic rings. The smallest absolute Gasteiger partial charge is 0.355 e. The van der Waals surface area contributed by atoms with Crippen LogP contribution in [0, 0.1) is 0 Å². The molecule has 70 valence electrons. The predicted octanol–water partition coefficient (Wildman–Crippen LogP) is -1.34. The van der Waals surface area contributed by atoms with E-state index in [1.54, 1.807) is 0 Å². The first-order valence-corrected chi connectivity index (χ1v) is 4.18. The number of benzene rings is 1. The first-order valence-electron chi connectivity index (χ1n) is 3.81. The maximum absolute atomic E-state index is 6.05. The molecule has 0 saturated carbocycles. The van der Waals surface area contributed by atoms with E-state index in [0.717, 1.165) is 16.3 Å². The van der Waals surface area contributed by atoms with E-state index in [2.05, 4.69) is 12.1 Å². The van der Waals surface area contributed by atoms with E-state index >= 15 is 0 Å². The lowest BCUT2D eigenvalue weighted by Gasteiger charge is -1.84. The Morgan fingerprint density at radius 2 is 1.92 bits per heavy atom. The van der Waals surface area contributed by atoms with Gasteiger partial charge in [0.1, 0.15) is 0 Å². The maximum Gasteiger partial charge on any atom is 0.355 e. The van der Waals surface area contributed by atoms with Gasteiger partial charge in [-0.3, -0.25) is 0 Å². The zero-order valence-corrected chi connectivity index (χ0v) is 9.80. The number of para-hydroxylation sites is 2. The van der Waals surface area contributed by atoms with Gasteiger partial charge >= 0.3 is 5.28 Å². The highest BCUT2D eigenvalue weighted by Gasteiger charge is 2.16. The van der Waals surface area contributed by atoms with Gasteiger partial charge < -0.3 is 17.0 Å². The third-order valence-corrected chi connectivity index (χ3v) is 2.67. The van der Waals surface area contributed by atoms with Crippen LogP contribution in [0.1, 0.15) is 0 Å². The summed E-state index contributed by atoms with van der Waals surface area (Å²) in [6, 6.07) is 8.14. The molecule has 0 aliphatic heterocycles. The van der Waals surface area contributed by atoms with Crippen LogP contribution < -0.4 is 21.5 Å². The summed E-state index contributed by atoms with van der Waals surface area (Å²) in [4.78, 5) is 0. The highest BCUT2D eigenvalue weighted by atomic mass is 79.9. The molecular formula is C9H10BrClN2. The van der Waals surface area contributed by atoms with E-state index in [4.69, 9.17) is 11.6 Å². The Kier molecular flexibility index (Phi) is 2.98. The quantitative estimate of drug-likeness (QED) is 0.519. The molecule has 0 atom stereocenters. The fourth-order valence-electron chi connectivity index (χ4n) is 1.46. The lowest BCUT2D eigenvalue weighted by molar-refractivity contribution is -0.643. The second-order valence-corrected chi connectivity index (χ2v) is 3.21. The molecule has 1 heterocycles. The van der Waals surface area contributed by atoms with Gasteiger partial charge in [-0.05, 0) is 12.1 Å². The molecule has 0 aliphatic rings. The van der Waals surface area contributed by atoms with Crippen molar-refractivity contribution in [1.82, 2.24) is 4.57 Å². The van der Waals surface area contributed by atoms with E-state index < -0.39 is 0 Å². The number of nitrogens with zero attached hydrogens (tertiary/aromatic N) is 2. The van der Waals surface area contributed by atoms with Crippen LogP contribution >= 0.6 is 11.6 Å². The van der Waals surface area contributed by atoms with Crippen LogP contribution in [-0.2, 0) is 14.1 Å². The molecule has 1 aromatic heterocycles. The van der Waals surface area contributed by atoms with Crippen LogP contribution in [0.25, 0.3) is 11.0 Å². The maximum atomic E-state index is 6.05. The van der Waals surface area contributed by atoms with E-state index in [1.807, 2.05) is 35.4 Å². The number of rotatable bonds is 0. The molecular weight excluding hydrogens is 251 g/mol. The van der Waals surface area contributed by atoms with E-state index in [9.17, 15) is 0 Å². The van der Waals surface area contributed by atoms with Crippen LogP contribution in [0.4, 0.5) is 0 Å². The van der Waals surface area contributed by atoms with Gasteiger partial charge in [0.05, 0.1) is 14.1 Å². The van der Waals surface area contributed by atoms with Gasteiger partial charge in [-0.25, -0.2) is 9.13 Å². The fourth-order valence-corrected chi connectivity index (χ4v) is 1.64. The largest absolute Gasteiger partial charge is 1.00 e. The van der Waals surface area contributed by atoms with E-state index in [-0.39, 0.29) is 17.0 Å². The minimum atomic E-state index is 0. The zero-order valence-electron chi connectivity index (χ0n) is 7.46. The van der Waals surface area contributed by atoms with Crippen molar-refractivity contribution in [3.8, 4) is 0 Å². The lowest BCUT2D eigenvalue weighted by atomic mass is 10.3. The molecule has 0 saturated heterocycles. The number of aromatic nitrogens is 2. The Bertz CT molecular complexity index is 397. The minimum Gasteiger partial charge on any atom is -1.00 e. The van der Waals surface area contributed by atoms with Crippen molar-refractivity contribution in [3.63, 3.8) is 0 Å². The normalized spacial score (nSPS) is 10.1. The molecule has 2 nitrogen and oxygen atoms in total. The van der Waals surface area contributed by atoms with Gasteiger partial charge in [-0.2, -0.15) is 0 Å². The van der Waals surface area contributed by atoms with Gasteiger partial charge in [0.2, 0.25) is 0 Å². The average molecular weight is 262 g/mol. The Morgan fingerprint density at radius 3 is 2.54 bits per heavy atom. The van der Waals surface area contributed by atoms with Crippen LogP contribution in [0.3, 0.4) is 0 Å². The highest BCUT2D eigenvalue weighted by Crippen LogP contribution is 2.14. The molecule has 0 radical (unpaired) electrons. The highest BCUT2D eigenvalue weighted by molar-refractivity contribution is 6.28. The van der Waals surface area contributed by atoms with Crippen molar-refractivity contribution in [2.24, 2.45) is 14.1 Å². The standard InChI is InChI=1S/C9H10ClN2.BrH/c1-11-7-5-3-4-6-8(7)12(2)9(11)10;/h3-6H,1-2H3;1H/q+1;/p-1. The Labute approximate surface area is 92.5 Å². The summed E-state index contributed by atoms with van der Waals surface area (Å²) >= 11 is 6.05. The molecule has 0 bridgehead atoms. The molecule has 0 unspecified atom stereocenters. The summed E-state index contributed by atoms with van der Waals surface area (Å²) in [7, 11) is 3.93. The summed E-state index contributed by atoms with van der Waals surface area (Å²) < 4.78 is 3.94. The molecule has 1 aromatic carbocycles. The number of imidazole rings is 1. The molecule has 0 spiro atoms. The summed E-state index contributed by atoms with van der Waals surface area (Å²) in [5.41, 5.74) is 2.31. The third kappa shape index (κ3) is 1.46. The number of hydrogen-bond donors (Lipinski definition) is 0. The van der Waals surface area contributed by atoms with Crippen LogP contribution in [0.5, 0.6) is 0 Å². The molecule has 0 amide bonds. The van der Waals surface area contributed by atoms with Crippen molar-refractivity contribution in [1.29, 1.82) is 0 Å². The molecule has 2 rings (SSSR count). The summed E-state index contributed by atoms with van der Waals surface area (Å²) in [5, 5.41) is 0.746. The topological polar surface area (TPSA) is 8.81 Å². The SMILES string of the molecule is Cn1c(Cl)[n+](C)c2ccccc21.[Br-]. The fraction of sp³-hybridized carbons (Fsp3) is 0.222. The van der Waals surface area contributed by atoms with Crippen LogP contribution in [-0.4, -0.2) is 4.57 Å². The number of aryl methyl sites for hydroxylation is 2. The van der Waals surface area contributed by atoms with Crippen molar-refractivity contribution < 1.29 is 21.5 Å². The van der Waals surface area contributed by atoms with Crippen LogP contribution in [0.15, 0.2) is 24.3 Å². The van der Waals surface area contributed by atoms with E-state index in [1.165, 1.54) is 0 Å². The van der Waals surface area contributed by atoms with Crippen molar-refractivity contribution in [2.45, 2.75) is 0 Å². The Hall–Kier alpha value is -0.540. The van der Waals surface area contributed by atoms with Crippen LogP contribution in [0.2, 0.25) is 5.28 Å². The van der Waals surface area contributed by atoms with Gasteiger partial charge in [-0.15, -0.1) is 0 Å². The van der Waals surface area contributed by atoms with Gasteiger partial charge in [0, 0.05) is 11.6 Å². The lowest BCUT2D eigenvalue weighted by Crippen LogP contribution is -3.00. The minimum absolute atomic E-state index is 0. The number of halogens is 2. The number of hydrogen-bond acceptors (Lipinski definition) is 0. The number of fused-ring (bicyclic) bond motifs is 1. The Morgan fingerprint density at radius 1 is 1.31 bits per heavy atom. The second kappa shape index (κ2) is 3.68. The summed E-state index contributed by atoms with van der Waals surface area (Å²) in [6.07, 6.45) is 0. The predicted molar refractivity (Wildman–Crippen MR) is 49.1 cm³/mol. The summed E-state index contributed by atoms with van der Waals surface area (Å²) in [6.45, 7) is 0. The van der Waals surface area contributed by atoms with Crippen molar-refractivity contribution in [3.05, 3.63) is 29.5 Å². The van der Waals surface area contributed by atoms with Gasteiger partial charge in [-0.1, -0.05) is 12.1 Å². The third-order valence-electron chi connectivity index (χ3n) is 2.16. The molecule has 0 N–H and O–H groups in total. The Balaban J connectivity index is 0.000000845. The summed E-state index contributed by atoms with van der Waals surface area (Å²) in [5.74, 6) is 0. The monoisotopic (exact) mass is 260 g/mol. The van der Waals surface area contributed by atoms with Gasteiger partial charge in [0.15, 0.2) is 11.0 Å². The van der Waals surface area contributed by atoms with Crippen molar-refractivity contribution >= 4 is 22.6 Å². The van der Waals surface area contributed by atoms with E-state index in [0.29, 0.717) is 0 Å². The van der Waals surface area contributed by atoms with Gasteiger partial charge in [0.25, 0.3) is 0 Å². The molecule has 0 aliphatic carbocycles. The molecule has 4 heteroatoms. The molecule has 13 heavy (non-hydrogen) atoms. The average Bonchev–Trinajstić information content (AvgIpc) is 2.33. The first-order chi connectivity index (χ1) is 5.72. The molecule has 0 fully saturated rings. The zero-order chi connectivity index (χ0) is 8.72. The van der Waals surface area contributed by atoms with Crippen molar-refractivity contribution in [2.75, 3.05) is 0 Å². The first kappa shape index (κ1) is 10.5.